The van der Waals surface area contributed by atoms with Crippen molar-refractivity contribution < 1.29 is 4.74 Å². The van der Waals surface area contributed by atoms with Gasteiger partial charge in [-0.2, -0.15) is 0 Å². The molecule has 1 aromatic carbocycles. The Balaban J connectivity index is 1.94. The Morgan fingerprint density at radius 3 is 2.75 bits per heavy atom. The maximum Gasteiger partial charge on any atom is 0.0668 e. The standard InChI is InChI=1S/C10H13NO/c1-2-4-9(5-3-1)11-10-6-7-12-8-10/h1-5,10-11H,6-8H2/t10-/m1/s1. The van der Waals surface area contributed by atoms with E-state index in [1.54, 1.807) is 0 Å². The summed E-state index contributed by atoms with van der Waals surface area (Å²) >= 11 is 0. The van der Waals surface area contributed by atoms with Crippen LogP contribution in [-0.4, -0.2) is 19.3 Å². The summed E-state index contributed by atoms with van der Waals surface area (Å²) in [5.41, 5.74) is 1.19. The monoisotopic (exact) mass is 163 g/mol. The molecule has 0 unspecified atom stereocenters. The number of hydrogen-bond acceptors (Lipinski definition) is 2. The second-order valence-corrected chi connectivity index (χ2v) is 3.07. The maximum atomic E-state index is 5.27. The van der Waals surface area contributed by atoms with Crippen LogP contribution in [0.3, 0.4) is 0 Å². The fourth-order valence-corrected chi connectivity index (χ4v) is 1.42. The van der Waals surface area contributed by atoms with Crippen LogP contribution >= 0.6 is 0 Å². The lowest BCUT2D eigenvalue weighted by molar-refractivity contribution is 0.195. The zero-order valence-corrected chi connectivity index (χ0v) is 6.99. The van der Waals surface area contributed by atoms with Crippen molar-refractivity contribution >= 4 is 5.69 Å². The molecule has 1 fully saturated rings. The third-order valence-electron chi connectivity index (χ3n) is 2.07. The predicted molar refractivity (Wildman–Crippen MR) is 49.3 cm³/mol. The van der Waals surface area contributed by atoms with E-state index >= 15 is 0 Å². The highest BCUT2D eigenvalue weighted by atomic mass is 16.5. The summed E-state index contributed by atoms with van der Waals surface area (Å²) in [6.07, 6.45) is 1.12. The molecule has 2 rings (SSSR count). The lowest BCUT2D eigenvalue weighted by Crippen LogP contribution is -2.18. The van der Waals surface area contributed by atoms with E-state index in [4.69, 9.17) is 4.74 Å². The van der Waals surface area contributed by atoms with E-state index < -0.39 is 0 Å². The molecule has 0 amide bonds. The van der Waals surface area contributed by atoms with Gasteiger partial charge in [-0.15, -0.1) is 0 Å². The number of ether oxygens (including phenoxy) is 1. The van der Waals surface area contributed by atoms with Crippen LogP contribution in [0.15, 0.2) is 30.3 Å². The van der Waals surface area contributed by atoms with E-state index in [2.05, 4.69) is 17.4 Å². The molecule has 0 saturated carbocycles. The minimum Gasteiger partial charge on any atom is -0.380 e. The number of benzene rings is 1. The Morgan fingerprint density at radius 2 is 2.08 bits per heavy atom. The Morgan fingerprint density at radius 1 is 1.25 bits per heavy atom. The Hall–Kier alpha value is -1.02. The zero-order chi connectivity index (χ0) is 8.23. The Labute approximate surface area is 72.5 Å². The molecule has 2 nitrogen and oxygen atoms in total. The lowest BCUT2D eigenvalue weighted by atomic mass is 10.2. The molecule has 2 heteroatoms. The molecule has 0 spiro atoms. The average Bonchev–Trinajstić information content (AvgIpc) is 2.59. The van der Waals surface area contributed by atoms with Crippen molar-refractivity contribution in [3.05, 3.63) is 30.3 Å². The molecular formula is C10H13NO. The summed E-state index contributed by atoms with van der Waals surface area (Å²) in [6, 6.07) is 10.8. The highest BCUT2D eigenvalue weighted by Gasteiger charge is 2.14. The van der Waals surface area contributed by atoms with Crippen LogP contribution in [0.1, 0.15) is 6.42 Å². The quantitative estimate of drug-likeness (QED) is 0.718. The first-order chi connectivity index (χ1) is 5.95. The maximum absolute atomic E-state index is 5.27. The predicted octanol–water partition coefficient (Wildman–Crippen LogP) is 1.89. The van der Waals surface area contributed by atoms with Crippen molar-refractivity contribution in [2.45, 2.75) is 12.5 Å². The van der Waals surface area contributed by atoms with Gasteiger partial charge in [-0.25, -0.2) is 0 Å². The SMILES string of the molecule is c1ccc(N[C@@H]2CCOC2)cc1. The van der Waals surface area contributed by atoms with Gasteiger partial charge in [0, 0.05) is 12.3 Å². The lowest BCUT2D eigenvalue weighted by Gasteiger charge is -2.11. The number of hydrogen-bond donors (Lipinski definition) is 1. The minimum absolute atomic E-state index is 0.507. The molecule has 1 atom stereocenters. The van der Waals surface area contributed by atoms with Crippen LogP contribution in [0.2, 0.25) is 0 Å². The van der Waals surface area contributed by atoms with Crippen molar-refractivity contribution in [2.24, 2.45) is 0 Å². The van der Waals surface area contributed by atoms with E-state index in [9.17, 15) is 0 Å². The van der Waals surface area contributed by atoms with E-state index in [0.29, 0.717) is 6.04 Å². The molecule has 0 aromatic heterocycles. The largest absolute Gasteiger partial charge is 0.380 e. The first-order valence-corrected chi connectivity index (χ1v) is 4.34. The second kappa shape index (κ2) is 3.59. The van der Waals surface area contributed by atoms with Crippen molar-refractivity contribution in [3.63, 3.8) is 0 Å². The van der Waals surface area contributed by atoms with Crippen molar-refractivity contribution in [1.29, 1.82) is 0 Å². The summed E-state index contributed by atoms with van der Waals surface area (Å²) in [5.74, 6) is 0. The molecule has 64 valence electrons. The number of nitrogens with one attached hydrogen (secondary N) is 1. The van der Waals surface area contributed by atoms with Gasteiger partial charge < -0.3 is 10.1 Å². The van der Waals surface area contributed by atoms with Crippen LogP contribution in [0.4, 0.5) is 5.69 Å². The van der Waals surface area contributed by atoms with E-state index in [1.165, 1.54) is 5.69 Å². The Kier molecular flexibility index (Phi) is 2.28. The van der Waals surface area contributed by atoms with Crippen LogP contribution in [-0.2, 0) is 4.74 Å². The van der Waals surface area contributed by atoms with Gasteiger partial charge in [0.2, 0.25) is 0 Å². The van der Waals surface area contributed by atoms with E-state index in [0.717, 1.165) is 19.6 Å². The minimum atomic E-state index is 0.507. The van der Waals surface area contributed by atoms with E-state index in [1.807, 2.05) is 18.2 Å². The normalized spacial score (nSPS) is 22.5. The molecule has 1 saturated heterocycles. The molecule has 1 aromatic rings. The summed E-state index contributed by atoms with van der Waals surface area (Å²) in [5, 5.41) is 3.42. The number of para-hydroxylation sites is 1. The number of anilines is 1. The molecule has 1 heterocycles. The molecule has 0 radical (unpaired) electrons. The van der Waals surface area contributed by atoms with Crippen molar-refractivity contribution in [2.75, 3.05) is 18.5 Å². The van der Waals surface area contributed by atoms with Gasteiger partial charge in [-0.3, -0.25) is 0 Å². The molecule has 0 aliphatic carbocycles. The van der Waals surface area contributed by atoms with Gasteiger partial charge in [0.15, 0.2) is 0 Å². The smallest absolute Gasteiger partial charge is 0.0668 e. The zero-order valence-electron chi connectivity index (χ0n) is 6.99. The first kappa shape index (κ1) is 7.62. The van der Waals surface area contributed by atoms with Gasteiger partial charge in [0.1, 0.15) is 0 Å². The molecule has 1 aliphatic heterocycles. The van der Waals surface area contributed by atoms with Crippen LogP contribution in [0, 0.1) is 0 Å². The highest BCUT2D eigenvalue weighted by molar-refractivity contribution is 5.43. The van der Waals surface area contributed by atoms with Gasteiger partial charge in [0.25, 0.3) is 0 Å². The van der Waals surface area contributed by atoms with Gasteiger partial charge in [-0.05, 0) is 18.6 Å². The van der Waals surface area contributed by atoms with E-state index in [-0.39, 0.29) is 0 Å². The third-order valence-corrected chi connectivity index (χ3v) is 2.07. The van der Waals surface area contributed by atoms with Gasteiger partial charge in [0.05, 0.1) is 12.6 Å². The average molecular weight is 163 g/mol. The van der Waals surface area contributed by atoms with Gasteiger partial charge in [-0.1, -0.05) is 18.2 Å². The van der Waals surface area contributed by atoms with Crippen LogP contribution in [0.5, 0.6) is 0 Å². The van der Waals surface area contributed by atoms with Crippen LogP contribution < -0.4 is 5.32 Å². The second-order valence-electron chi connectivity index (χ2n) is 3.07. The van der Waals surface area contributed by atoms with Gasteiger partial charge >= 0.3 is 0 Å². The highest BCUT2D eigenvalue weighted by Crippen LogP contribution is 2.12. The van der Waals surface area contributed by atoms with Crippen molar-refractivity contribution in [1.82, 2.24) is 0 Å². The molecule has 0 bridgehead atoms. The third kappa shape index (κ3) is 1.77. The summed E-state index contributed by atoms with van der Waals surface area (Å²) in [7, 11) is 0. The Bertz CT molecular complexity index is 229. The summed E-state index contributed by atoms with van der Waals surface area (Å²) < 4.78 is 5.27. The number of rotatable bonds is 2. The molecular weight excluding hydrogens is 150 g/mol. The molecule has 12 heavy (non-hydrogen) atoms. The fraction of sp³-hybridized carbons (Fsp3) is 0.400. The molecule has 1 N–H and O–H groups in total. The first-order valence-electron chi connectivity index (χ1n) is 4.34. The molecule has 1 aliphatic rings. The summed E-state index contributed by atoms with van der Waals surface area (Å²) in [6.45, 7) is 1.74. The fourth-order valence-electron chi connectivity index (χ4n) is 1.42. The summed E-state index contributed by atoms with van der Waals surface area (Å²) in [4.78, 5) is 0. The van der Waals surface area contributed by atoms with Crippen LogP contribution in [0.25, 0.3) is 0 Å². The van der Waals surface area contributed by atoms with Crippen molar-refractivity contribution in [3.8, 4) is 0 Å². The topological polar surface area (TPSA) is 21.3 Å².